The fourth-order valence-electron chi connectivity index (χ4n) is 5.50. The van der Waals surface area contributed by atoms with Crippen molar-refractivity contribution in [2.75, 3.05) is 23.8 Å². The Bertz CT molecular complexity index is 1710. The summed E-state index contributed by atoms with van der Waals surface area (Å²) >= 11 is 1.05. The second kappa shape index (κ2) is 12.7. The zero-order valence-corrected chi connectivity index (χ0v) is 26.5. The van der Waals surface area contributed by atoms with Crippen LogP contribution < -0.4 is 20.5 Å². The number of aliphatic carboxylic acids is 1. The van der Waals surface area contributed by atoms with Gasteiger partial charge < -0.3 is 30.6 Å². The molecule has 5 rings (SSSR count). The van der Waals surface area contributed by atoms with Gasteiger partial charge in [-0.1, -0.05) is 5.16 Å². The van der Waals surface area contributed by atoms with Gasteiger partial charge in [0.1, 0.15) is 35.8 Å². The van der Waals surface area contributed by atoms with Gasteiger partial charge in [-0.25, -0.2) is 19.1 Å². The molecular formula is C30H34N7O8S+. The number of carbonyl (C=O) groups is 5. The molecule has 242 valence electrons. The van der Waals surface area contributed by atoms with Crippen molar-refractivity contribution in [1.82, 2.24) is 15.2 Å². The van der Waals surface area contributed by atoms with Crippen molar-refractivity contribution < 1.29 is 43.2 Å². The molecule has 3 amide bonds. The number of aromatic nitrogens is 2. The van der Waals surface area contributed by atoms with E-state index in [2.05, 4.69) is 15.5 Å². The smallest absolute Gasteiger partial charge is 0.352 e. The van der Waals surface area contributed by atoms with Gasteiger partial charge in [0.25, 0.3) is 17.7 Å². The van der Waals surface area contributed by atoms with E-state index < -0.39 is 48.0 Å². The molecule has 0 saturated carbocycles. The molecule has 5 heterocycles. The third kappa shape index (κ3) is 6.75. The molecule has 15 nitrogen and oxygen atoms in total. The van der Waals surface area contributed by atoms with Crippen molar-refractivity contribution >= 4 is 57.5 Å². The number of hydrogen-bond donors (Lipinski definition) is 3. The molecule has 2 fully saturated rings. The number of ether oxygens (including phenoxy) is 1. The minimum absolute atomic E-state index is 0.0658. The van der Waals surface area contributed by atoms with E-state index in [4.69, 9.17) is 15.3 Å². The van der Waals surface area contributed by atoms with E-state index in [1.165, 1.54) is 5.38 Å². The van der Waals surface area contributed by atoms with Gasteiger partial charge in [-0.3, -0.25) is 19.3 Å². The number of fused-ring (bicyclic) bond motifs is 1. The third-order valence-corrected chi connectivity index (χ3v) is 8.08. The molecule has 2 aromatic rings. The van der Waals surface area contributed by atoms with Gasteiger partial charge in [-0.2, -0.15) is 0 Å². The van der Waals surface area contributed by atoms with Gasteiger partial charge in [-0.05, 0) is 57.7 Å². The highest BCUT2D eigenvalue weighted by Crippen LogP contribution is 2.38. The molecule has 0 radical (unpaired) electrons. The van der Waals surface area contributed by atoms with Crippen molar-refractivity contribution in [1.29, 1.82) is 0 Å². The number of aryl methyl sites for hydroxylation is 1. The van der Waals surface area contributed by atoms with Crippen molar-refractivity contribution in [2.24, 2.45) is 12.2 Å². The molecule has 0 aliphatic carbocycles. The summed E-state index contributed by atoms with van der Waals surface area (Å²) in [5.41, 5.74) is 6.04. The lowest BCUT2D eigenvalue weighted by molar-refractivity contribution is -0.670. The number of nitrogens with one attached hydrogen (secondary N) is 1. The lowest BCUT2D eigenvalue weighted by Gasteiger charge is -2.50. The molecule has 0 unspecified atom stereocenters. The summed E-state index contributed by atoms with van der Waals surface area (Å²) < 4.78 is 7.01. The molecule has 0 aromatic carbocycles. The van der Waals surface area contributed by atoms with Crippen LogP contribution in [0.25, 0.3) is 0 Å². The van der Waals surface area contributed by atoms with Gasteiger partial charge in [0.2, 0.25) is 6.61 Å². The number of anilines is 2. The first-order valence-corrected chi connectivity index (χ1v) is 15.3. The number of oxime groups is 1. The third-order valence-electron chi connectivity index (χ3n) is 7.41. The SMILES string of the molecule is C[n+]1cccc(N2CCC(=CC3=C(C(=O)O)N4C(=O)[C@@H](NC(=O)/C(=N\OCC(=O)OC(C)(C)C)c5csc(N)n5)[C@H]4CC3)C2=O)c1. The zero-order valence-electron chi connectivity index (χ0n) is 25.7. The molecule has 0 spiro atoms. The summed E-state index contributed by atoms with van der Waals surface area (Å²) in [4.78, 5) is 76.2. The first kappa shape index (κ1) is 32.3. The van der Waals surface area contributed by atoms with Crippen LogP contribution in [0, 0.1) is 0 Å². The van der Waals surface area contributed by atoms with E-state index in [1.54, 1.807) is 31.7 Å². The molecule has 3 aliphatic heterocycles. The Kier molecular flexibility index (Phi) is 8.92. The lowest BCUT2D eigenvalue weighted by atomic mass is 9.82. The number of pyridine rings is 1. The Hall–Kier alpha value is -5.12. The first-order valence-electron chi connectivity index (χ1n) is 14.4. The van der Waals surface area contributed by atoms with Crippen LogP contribution in [0.2, 0.25) is 0 Å². The minimum Gasteiger partial charge on any atom is -0.477 e. The van der Waals surface area contributed by atoms with Gasteiger partial charge in [0, 0.05) is 23.6 Å². The maximum Gasteiger partial charge on any atom is 0.352 e. The van der Waals surface area contributed by atoms with E-state index in [1.807, 2.05) is 36.1 Å². The highest BCUT2D eigenvalue weighted by atomic mass is 32.1. The van der Waals surface area contributed by atoms with Crippen LogP contribution in [-0.2, 0) is 40.6 Å². The fraction of sp³-hybridized carbons (Fsp3) is 0.400. The van der Waals surface area contributed by atoms with Crippen LogP contribution in [0.15, 0.2) is 58.0 Å². The number of rotatable bonds is 9. The van der Waals surface area contributed by atoms with Crippen LogP contribution in [-0.4, -0.2) is 81.2 Å². The van der Waals surface area contributed by atoms with Crippen molar-refractivity contribution in [3.05, 3.63) is 58.5 Å². The maximum absolute atomic E-state index is 13.3. The molecule has 2 atom stereocenters. The highest BCUT2D eigenvalue weighted by Gasteiger charge is 2.53. The van der Waals surface area contributed by atoms with Crippen LogP contribution in [0.5, 0.6) is 0 Å². The summed E-state index contributed by atoms with van der Waals surface area (Å²) in [6.45, 7) is 4.93. The standard InChI is InChI=1S/C30H33N7O8S/c1-30(2,3)45-21(38)14-44-34-22(19-15-46-29(31)32-19)25(39)33-23-20-8-7-16(24(28(42)43)37(20)27(23)41)12-17-9-11-36(26(17)40)18-6-5-10-35(4)13-18/h5-6,10,12-13,15,20,23H,7-9,11,14H2,1-4H3,(H3-,31,32,33,39,42,43)/p+1/b17-12?,34-22-/t20-,23+/m1/s1. The number of thiazole rings is 1. The van der Waals surface area contributed by atoms with Crippen LogP contribution in [0.4, 0.5) is 10.8 Å². The second-order valence-corrected chi connectivity index (χ2v) is 12.8. The molecule has 46 heavy (non-hydrogen) atoms. The normalized spacial score (nSPS) is 20.9. The number of allylic oxidation sites excluding steroid dienone is 2. The van der Waals surface area contributed by atoms with Gasteiger partial charge in [0.15, 0.2) is 23.2 Å². The average Bonchev–Trinajstić information content (AvgIpc) is 3.57. The van der Waals surface area contributed by atoms with E-state index in [0.29, 0.717) is 30.5 Å². The van der Waals surface area contributed by atoms with Gasteiger partial charge >= 0.3 is 11.9 Å². The minimum atomic E-state index is -1.32. The number of nitrogen functional groups attached to an aromatic ring is 1. The Morgan fingerprint density at radius 1 is 1.28 bits per heavy atom. The first-order chi connectivity index (χ1) is 21.7. The molecule has 0 bridgehead atoms. The van der Waals surface area contributed by atoms with Crippen LogP contribution in [0.3, 0.4) is 0 Å². The highest BCUT2D eigenvalue weighted by molar-refractivity contribution is 7.13. The number of nitrogens with two attached hydrogens (primary N) is 1. The van der Waals surface area contributed by atoms with E-state index in [9.17, 15) is 29.1 Å². The molecule has 16 heteroatoms. The summed E-state index contributed by atoms with van der Waals surface area (Å²) in [6.07, 6.45) is 6.28. The van der Waals surface area contributed by atoms with Crippen LogP contribution >= 0.6 is 11.3 Å². The predicted molar refractivity (Wildman–Crippen MR) is 164 cm³/mol. The van der Waals surface area contributed by atoms with Gasteiger partial charge in [-0.15, -0.1) is 11.3 Å². The zero-order chi connectivity index (χ0) is 33.3. The number of esters is 1. The Morgan fingerprint density at radius 3 is 2.70 bits per heavy atom. The number of carboxylic acids is 1. The number of nitrogens with zero attached hydrogens (tertiary/aromatic N) is 5. The molecule has 3 aliphatic rings. The molecular weight excluding hydrogens is 618 g/mol. The maximum atomic E-state index is 13.3. The van der Waals surface area contributed by atoms with Crippen LogP contribution in [0.1, 0.15) is 45.7 Å². The number of amides is 3. The second-order valence-electron chi connectivity index (χ2n) is 11.9. The molecule has 4 N–H and O–H groups in total. The number of β-lactam (4-membered cyclic amide) rings is 1. The van der Waals surface area contributed by atoms with E-state index in [0.717, 1.165) is 21.9 Å². The monoisotopic (exact) mass is 652 g/mol. The van der Waals surface area contributed by atoms with Crippen molar-refractivity contribution in [3.63, 3.8) is 0 Å². The number of carboxylic acid groups (broad SMARTS) is 1. The quantitative estimate of drug-likeness (QED) is 0.0870. The summed E-state index contributed by atoms with van der Waals surface area (Å²) in [6, 6.07) is 1.97. The number of hydrogen-bond acceptors (Lipinski definition) is 11. The average molecular weight is 653 g/mol. The van der Waals surface area contributed by atoms with Gasteiger partial charge in [0.05, 0.1) is 6.04 Å². The number of carbonyl (C=O) groups excluding carboxylic acids is 4. The Morgan fingerprint density at radius 2 is 2.04 bits per heavy atom. The predicted octanol–water partition coefficient (Wildman–Crippen LogP) is 0.804. The molecule has 2 aromatic heterocycles. The van der Waals surface area contributed by atoms with Crippen molar-refractivity contribution in [3.8, 4) is 0 Å². The summed E-state index contributed by atoms with van der Waals surface area (Å²) in [7, 11) is 1.85. The summed E-state index contributed by atoms with van der Waals surface area (Å²) in [5, 5.41) is 18.1. The van der Waals surface area contributed by atoms with E-state index in [-0.39, 0.29) is 34.6 Å². The van der Waals surface area contributed by atoms with E-state index >= 15 is 0 Å². The molecule has 2 saturated heterocycles. The summed E-state index contributed by atoms with van der Waals surface area (Å²) in [5.74, 6) is -3.71. The topological polar surface area (TPSA) is 198 Å². The van der Waals surface area contributed by atoms with Crippen molar-refractivity contribution in [2.45, 2.75) is 57.7 Å². The Labute approximate surface area is 267 Å². The fourth-order valence-corrected chi connectivity index (χ4v) is 6.05. The Balaban J connectivity index is 1.31. The lowest BCUT2D eigenvalue weighted by Crippen LogP contribution is -2.72. The largest absolute Gasteiger partial charge is 0.477 e.